The number of halogens is 1. The smallest absolute Gasteiger partial charge is 0.331 e. The molecule has 0 aliphatic carbocycles. The fourth-order valence-electron chi connectivity index (χ4n) is 2.88. The van der Waals surface area contributed by atoms with E-state index in [1.807, 2.05) is 6.92 Å². The van der Waals surface area contributed by atoms with Crippen molar-refractivity contribution in [3.8, 4) is 5.69 Å². The molecule has 28 heavy (non-hydrogen) atoms. The predicted octanol–water partition coefficient (Wildman–Crippen LogP) is 4.44. The van der Waals surface area contributed by atoms with Crippen molar-refractivity contribution in [1.29, 1.82) is 0 Å². The Labute approximate surface area is 166 Å². The SMILES string of the molecule is Cc1ccc(-n2c(C)cc(C(=O)COC(=O)C=Cc3nccs3)c2C)cc1F. The van der Waals surface area contributed by atoms with Crippen molar-refractivity contribution in [1.82, 2.24) is 9.55 Å². The minimum atomic E-state index is -0.613. The average Bonchev–Trinajstić information content (AvgIpc) is 3.28. The van der Waals surface area contributed by atoms with Crippen molar-refractivity contribution in [3.63, 3.8) is 0 Å². The summed E-state index contributed by atoms with van der Waals surface area (Å²) in [5.41, 5.74) is 3.09. The Hall–Kier alpha value is -3.06. The van der Waals surface area contributed by atoms with E-state index in [0.29, 0.717) is 27.5 Å². The summed E-state index contributed by atoms with van der Waals surface area (Å²) in [5, 5.41) is 2.47. The molecule has 0 amide bonds. The Bertz CT molecular complexity index is 1050. The lowest BCUT2D eigenvalue weighted by atomic mass is 10.1. The van der Waals surface area contributed by atoms with E-state index in [0.717, 1.165) is 5.69 Å². The number of nitrogens with zero attached hydrogens (tertiary/aromatic N) is 2. The molecular weight excluding hydrogens is 379 g/mol. The van der Waals surface area contributed by atoms with Crippen molar-refractivity contribution >= 4 is 29.2 Å². The van der Waals surface area contributed by atoms with Gasteiger partial charge in [0.1, 0.15) is 10.8 Å². The largest absolute Gasteiger partial charge is 0.454 e. The third-order valence-corrected chi connectivity index (χ3v) is 5.04. The van der Waals surface area contributed by atoms with Crippen molar-refractivity contribution in [3.05, 3.63) is 75.3 Å². The first-order valence-corrected chi connectivity index (χ1v) is 9.48. The number of hydrogen-bond acceptors (Lipinski definition) is 5. The van der Waals surface area contributed by atoms with Gasteiger partial charge in [-0.2, -0.15) is 0 Å². The average molecular weight is 398 g/mol. The van der Waals surface area contributed by atoms with Crippen LogP contribution in [0.3, 0.4) is 0 Å². The second-order valence-electron chi connectivity index (χ2n) is 6.29. The van der Waals surface area contributed by atoms with E-state index in [-0.39, 0.29) is 18.2 Å². The van der Waals surface area contributed by atoms with Crippen molar-refractivity contribution < 1.29 is 18.7 Å². The van der Waals surface area contributed by atoms with E-state index in [1.165, 1.54) is 29.6 Å². The topological polar surface area (TPSA) is 61.2 Å². The maximum Gasteiger partial charge on any atom is 0.331 e. The fraction of sp³-hybridized carbons (Fsp3) is 0.190. The summed E-state index contributed by atoms with van der Waals surface area (Å²) in [7, 11) is 0. The molecule has 0 saturated carbocycles. The fourth-order valence-corrected chi connectivity index (χ4v) is 3.41. The molecular formula is C21H19FN2O3S. The Balaban J connectivity index is 1.72. The summed E-state index contributed by atoms with van der Waals surface area (Å²) in [5.74, 6) is -1.24. The van der Waals surface area contributed by atoms with Crippen LogP contribution in [-0.4, -0.2) is 27.9 Å². The van der Waals surface area contributed by atoms with E-state index >= 15 is 0 Å². The molecule has 0 unspecified atom stereocenters. The number of aryl methyl sites for hydroxylation is 2. The van der Waals surface area contributed by atoms with Crippen molar-refractivity contribution in [2.75, 3.05) is 6.61 Å². The molecule has 3 aromatic rings. The first kappa shape index (κ1) is 19.7. The van der Waals surface area contributed by atoms with Gasteiger partial charge in [0, 0.05) is 40.3 Å². The quantitative estimate of drug-likeness (QED) is 0.350. The molecule has 0 spiro atoms. The number of rotatable bonds is 6. The molecule has 5 nitrogen and oxygen atoms in total. The maximum atomic E-state index is 13.9. The van der Waals surface area contributed by atoms with Crippen LogP contribution < -0.4 is 0 Å². The summed E-state index contributed by atoms with van der Waals surface area (Å²) in [6, 6.07) is 6.65. The van der Waals surface area contributed by atoms with E-state index in [4.69, 9.17) is 4.74 Å². The molecule has 0 bridgehead atoms. The zero-order valence-corrected chi connectivity index (χ0v) is 16.5. The first-order valence-electron chi connectivity index (χ1n) is 8.60. The molecule has 2 aromatic heterocycles. The number of benzene rings is 1. The van der Waals surface area contributed by atoms with Gasteiger partial charge in [0.05, 0.1) is 0 Å². The summed E-state index contributed by atoms with van der Waals surface area (Å²) in [4.78, 5) is 28.3. The van der Waals surface area contributed by atoms with Gasteiger partial charge in [0.15, 0.2) is 6.61 Å². The van der Waals surface area contributed by atoms with Crippen LogP contribution in [0.15, 0.2) is 41.9 Å². The number of carbonyl (C=O) groups is 2. The van der Waals surface area contributed by atoms with E-state index in [1.54, 1.807) is 48.2 Å². The van der Waals surface area contributed by atoms with Crippen LogP contribution in [0.5, 0.6) is 0 Å². The van der Waals surface area contributed by atoms with Crippen LogP contribution in [0.4, 0.5) is 4.39 Å². The Kier molecular flexibility index (Phi) is 5.84. The van der Waals surface area contributed by atoms with Gasteiger partial charge in [-0.25, -0.2) is 14.2 Å². The second-order valence-corrected chi connectivity index (χ2v) is 7.21. The normalized spacial score (nSPS) is 11.1. The number of carbonyl (C=O) groups excluding carboxylic acids is 2. The number of ketones is 1. The minimum Gasteiger partial charge on any atom is -0.454 e. The number of aromatic nitrogens is 2. The zero-order valence-electron chi connectivity index (χ0n) is 15.7. The standard InChI is InChI=1S/C21H19FN2O3S/c1-13-4-5-16(11-18(13)22)24-14(2)10-17(15(24)3)19(25)12-27-21(26)7-6-20-23-8-9-28-20/h4-11H,12H2,1-3H3. The Morgan fingerprint density at radius 1 is 1.25 bits per heavy atom. The minimum absolute atomic E-state index is 0.307. The van der Waals surface area contributed by atoms with Crippen LogP contribution in [0.25, 0.3) is 11.8 Å². The third-order valence-electron chi connectivity index (χ3n) is 4.30. The zero-order chi connectivity index (χ0) is 20.3. The highest BCUT2D eigenvalue weighted by Crippen LogP contribution is 2.23. The summed E-state index contributed by atoms with van der Waals surface area (Å²) >= 11 is 1.39. The first-order chi connectivity index (χ1) is 13.4. The molecule has 0 aliphatic rings. The number of hydrogen-bond donors (Lipinski definition) is 0. The molecule has 0 atom stereocenters. The maximum absolute atomic E-state index is 13.9. The molecule has 0 aliphatic heterocycles. The van der Waals surface area contributed by atoms with Crippen LogP contribution >= 0.6 is 11.3 Å². The Morgan fingerprint density at radius 2 is 2.04 bits per heavy atom. The molecule has 7 heteroatoms. The number of Topliss-reactive ketones (excluding diaryl/α,β-unsaturated/α-hetero) is 1. The highest BCUT2D eigenvalue weighted by Gasteiger charge is 2.18. The highest BCUT2D eigenvalue weighted by atomic mass is 32.1. The van der Waals surface area contributed by atoms with Gasteiger partial charge in [-0.05, 0) is 50.6 Å². The van der Waals surface area contributed by atoms with Gasteiger partial charge in [0.25, 0.3) is 0 Å². The van der Waals surface area contributed by atoms with Gasteiger partial charge in [-0.1, -0.05) is 6.07 Å². The second kappa shape index (κ2) is 8.31. The van der Waals surface area contributed by atoms with Gasteiger partial charge in [-0.3, -0.25) is 4.79 Å². The Morgan fingerprint density at radius 3 is 2.71 bits per heavy atom. The summed E-state index contributed by atoms with van der Waals surface area (Å²) in [6.07, 6.45) is 4.41. The lowest BCUT2D eigenvalue weighted by molar-refractivity contribution is -0.136. The van der Waals surface area contributed by atoms with Crippen LogP contribution in [0.1, 0.15) is 32.3 Å². The molecule has 0 fully saturated rings. The molecule has 144 valence electrons. The molecule has 0 N–H and O–H groups in total. The van der Waals surface area contributed by atoms with Crippen LogP contribution in [0.2, 0.25) is 0 Å². The molecule has 3 rings (SSSR count). The molecule has 0 radical (unpaired) electrons. The van der Waals surface area contributed by atoms with Gasteiger partial charge < -0.3 is 9.30 Å². The van der Waals surface area contributed by atoms with Gasteiger partial charge in [0.2, 0.25) is 5.78 Å². The molecule has 1 aromatic carbocycles. The van der Waals surface area contributed by atoms with Crippen molar-refractivity contribution in [2.45, 2.75) is 20.8 Å². The summed E-state index contributed by atoms with van der Waals surface area (Å²) in [6.45, 7) is 4.95. The van der Waals surface area contributed by atoms with Crippen molar-refractivity contribution in [2.24, 2.45) is 0 Å². The van der Waals surface area contributed by atoms with Crippen LogP contribution in [-0.2, 0) is 9.53 Å². The molecule has 0 saturated heterocycles. The highest BCUT2D eigenvalue weighted by molar-refractivity contribution is 7.10. The van der Waals surface area contributed by atoms with E-state index in [9.17, 15) is 14.0 Å². The number of ether oxygens (including phenoxy) is 1. The molecule has 2 heterocycles. The van der Waals surface area contributed by atoms with Crippen LogP contribution in [0, 0.1) is 26.6 Å². The summed E-state index contributed by atoms with van der Waals surface area (Å²) < 4.78 is 20.8. The number of thiazole rings is 1. The number of esters is 1. The monoisotopic (exact) mass is 398 g/mol. The van der Waals surface area contributed by atoms with E-state index < -0.39 is 5.97 Å². The van der Waals surface area contributed by atoms with E-state index in [2.05, 4.69) is 4.98 Å². The lowest BCUT2D eigenvalue weighted by Crippen LogP contribution is -2.13. The van der Waals surface area contributed by atoms with Gasteiger partial charge in [-0.15, -0.1) is 11.3 Å². The predicted molar refractivity (Wildman–Crippen MR) is 106 cm³/mol. The van der Waals surface area contributed by atoms with Gasteiger partial charge >= 0.3 is 5.97 Å². The third kappa shape index (κ3) is 4.26. The lowest BCUT2D eigenvalue weighted by Gasteiger charge is -2.11.